The summed E-state index contributed by atoms with van der Waals surface area (Å²) in [5, 5.41) is 10.5. The predicted octanol–water partition coefficient (Wildman–Crippen LogP) is 1.26. The standard InChI is InChI=1S/C15H21N5O/c16-14(13-5-2-1-3-6-13)7-8-15(21)17-9-4-11-20-12-10-18-19-20/h1-3,5-6,10,12,14H,4,7-9,11,16H2,(H,17,21). The van der Waals surface area contributed by atoms with Crippen LogP contribution in [0.4, 0.5) is 0 Å². The first kappa shape index (κ1) is 15.2. The SMILES string of the molecule is NC(CCC(=O)NCCCn1ccnn1)c1ccccc1. The van der Waals surface area contributed by atoms with Crippen molar-refractivity contribution in [3.8, 4) is 0 Å². The first-order valence-electron chi connectivity index (χ1n) is 7.17. The number of carbonyl (C=O) groups excluding carboxylic acids is 1. The molecular weight excluding hydrogens is 266 g/mol. The molecule has 3 N–H and O–H groups in total. The summed E-state index contributed by atoms with van der Waals surface area (Å²) < 4.78 is 1.75. The third-order valence-electron chi connectivity index (χ3n) is 3.27. The number of aromatic nitrogens is 3. The van der Waals surface area contributed by atoms with E-state index in [1.54, 1.807) is 17.1 Å². The molecule has 2 rings (SSSR count). The number of hydrogen-bond donors (Lipinski definition) is 2. The van der Waals surface area contributed by atoms with Crippen LogP contribution in [0.3, 0.4) is 0 Å². The van der Waals surface area contributed by atoms with Crippen molar-refractivity contribution < 1.29 is 4.79 Å². The number of nitrogens with zero attached hydrogens (tertiary/aromatic N) is 3. The third kappa shape index (κ3) is 5.35. The maximum atomic E-state index is 11.7. The molecule has 112 valence electrons. The molecule has 1 atom stereocenters. The van der Waals surface area contributed by atoms with Gasteiger partial charge in [-0.3, -0.25) is 9.48 Å². The Morgan fingerprint density at radius 3 is 2.86 bits per heavy atom. The number of nitrogens with two attached hydrogens (primary N) is 1. The highest BCUT2D eigenvalue weighted by Crippen LogP contribution is 2.14. The number of rotatable bonds is 8. The largest absolute Gasteiger partial charge is 0.356 e. The summed E-state index contributed by atoms with van der Waals surface area (Å²) in [5.41, 5.74) is 7.13. The monoisotopic (exact) mass is 287 g/mol. The number of benzene rings is 1. The normalized spacial score (nSPS) is 12.0. The van der Waals surface area contributed by atoms with Crippen molar-refractivity contribution in [2.45, 2.75) is 31.8 Å². The number of nitrogens with one attached hydrogen (secondary N) is 1. The van der Waals surface area contributed by atoms with Gasteiger partial charge in [0.1, 0.15) is 0 Å². The van der Waals surface area contributed by atoms with Crippen molar-refractivity contribution in [2.75, 3.05) is 6.54 Å². The van der Waals surface area contributed by atoms with Crippen LogP contribution < -0.4 is 11.1 Å². The first-order valence-corrected chi connectivity index (χ1v) is 7.17. The van der Waals surface area contributed by atoms with E-state index in [0.717, 1.165) is 18.5 Å². The van der Waals surface area contributed by atoms with E-state index in [0.29, 0.717) is 19.4 Å². The molecule has 0 spiro atoms. The third-order valence-corrected chi connectivity index (χ3v) is 3.27. The topological polar surface area (TPSA) is 85.8 Å². The fraction of sp³-hybridized carbons (Fsp3) is 0.400. The van der Waals surface area contributed by atoms with Gasteiger partial charge in [0.25, 0.3) is 0 Å². The zero-order chi connectivity index (χ0) is 14.9. The summed E-state index contributed by atoms with van der Waals surface area (Å²) in [6, 6.07) is 9.75. The molecule has 1 amide bonds. The second-order valence-corrected chi connectivity index (χ2v) is 4.93. The molecule has 0 aliphatic rings. The molecule has 0 aliphatic carbocycles. The molecular formula is C15H21N5O. The summed E-state index contributed by atoms with van der Waals surface area (Å²) in [4.78, 5) is 11.7. The summed E-state index contributed by atoms with van der Waals surface area (Å²) >= 11 is 0. The lowest BCUT2D eigenvalue weighted by atomic mass is 10.0. The predicted molar refractivity (Wildman–Crippen MR) is 80.3 cm³/mol. The van der Waals surface area contributed by atoms with Gasteiger partial charge < -0.3 is 11.1 Å². The average molecular weight is 287 g/mol. The molecule has 2 aromatic rings. The fourth-order valence-electron chi connectivity index (χ4n) is 2.06. The molecule has 0 aliphatic heterocycles. The van der Waals surface area contributed by atoms with Gasteiger partial charge in [0.05, 0.1) is 6.20 Å². The van der Waals surface area contributed by atoms with E-state index in [9.17, 15) is 4.79 Å². The van der Waals surface area contributed by atoms with Crippen LogP contribution in [0.25, 0.3) is 0 Å². The summed E-state index contributed by atoms with van der Waals surface area (Å²) in [6.45, 7) is 1.39. The Kier molecular flexibility index (Phi) is 5.90. The van der Waals surface area contributed by atoms with Crippen LogP contribution in [-0.2, 0) is 11.3 Å². The highest BCUT2D eigenvalue weighted by molar-refractivity contribution is 5.75. The van der Waals surface area contributed by atoms with E-state index in [2.05, 4.69) is 15.6 Å². The quantitative estimate of drug-likeness (QED) is 0.716. The first-order chi connectivity index (χ1) is 10.3. The van der Waals surface area contributed by atoms with Gasteiger partial charge in [-0.2, -0.15) is 0 Å². The molecule has 1 heterocycles. The van der Waals surface area contributed by atoms with Gasteiger partial charge in [0.2, 0.25) is 5.91 Å². The Morgan fingerprint density at radius 1 is 1.33 bits per heavy atom. The molecule has 0 saturated carbocycles. The molecule has 0 radical (unpaired) electrons. The van der Waals surface area contributed by atoms with Crippen LogP contribution in [0.1, 0.15) is 30.9 Å². The maximum Gasteiger partial charge on any atom is 0.220 e. The van der Waals surface area contributed by atoms with Crippen LogP contribution in [0.2, 0.25) is 0 Å². The highest BCUT2D eigenvalue weighted by atomic mass is 16.1. The molecule has 6 nitrogen and oxygen atoms in total. The second-order valence-electron chi connectivity index (χ2n) is 4.93. The highest BCUT2D eigenvalue weighted by Gasteiger charge is 2.08. The molecule has 1 unspecified atom stereocenters. The Labute approximate surface area is 124 Å². The van der Waals surface area contributed by atoms with Gasteiger partial charge in [0.15, 0.2) is 0 Å². The smallest absolute Gasteiger partial charge is 0.220 e. The van der Waals surface area contributed by atoms with Gasteiger partial charge in [-0.05, 0) is 18.4 Å². The fourth-order valence-corrected chi connectivity index (χ4v) is 2.06. The van der Waals surface area contributed by atoms with Gasteiger partial charge in [-0.15, -0.1) is 5.10 Å². The number of carbonyl (C=O) groups is 1. The molecule has 6 heteroatoms. The van der Waals surface area contributed by atoms with Crippen LogP contribution in [0, 0.1) is 0 Å². The van der Waals surface area contributed by atoms with Crippen LogP contribution in [0.15, 0.2) is 42.7 Å². The second kappa shape index (κ2) is 8.16. The average Bonchev–Trinajstić information content (AvgIpc) is 3.03. The molecule has 0 saturated heterocycles. The molecule has 21 heavy (non-hydrogen) atoms. The van der Waals surface area contributed by atoms with Crippen LogP contribution in [-0.4, -0.2) is 27.4 Å². The minimum atomic E-state index is -0.0906. The minimum Gasteiger partial charge on any atom is -0.356 e. The van der Waals surface area contributed by atoms with Crippen LogP contribution in [0.5, 0.6) is 0 Å². The summed E-state index contributed by atoms with van der Waals surface area (Å²) in [5.74, 6) is 0.0416. The van der Waals surface area contributed by atoms with Crippen molar-refractivity contribution in [3.63, 3.8) is 0 Å². The van der Waals surface area contributed by atoms with Crippen molar-refractivity contribution in [1.82, 2.24) is 20.3 Å². The lowest BCUT2D eigenvalue weighted by Crippen LogP contribution is -2.26. The Morgan fingerprint density at radius 2 is 2.14 bits per heavy atom. The van der Waals surface area contributed by atoms with Crippen molar-refractivity contribution >= 4 is 5.91 Å². The summed E-state index contributed by atoms with van der Waals surface area (Å²) in [6.07, 6.45) is 5.38. The summed E-state index contributed by atoms with van der Waals surface area (Å²) in [7, 11) is 0. The zero-order valence-corrected chi connectivity index (χ0v) is 12.0. The van der Waals surface area contributed by atoms with E-state index in [-0.39, 0.29) is 11.9 Å². The van der Waals surface area contributed by atoms with Crippen molar-refractivity contribution in [2.24, 2.45) is 5.73 Å². The van der Waals surface area contributed by atoms with E-state index >= 15 is 0 Å². The molecule has 1 aromatic carbocycles. The molecule has 0 bridgehead atoms. The Balaban J connectivity index is 1.59. The molecule has 1 aromatic heterocycles. The van der Waals surface area contributed by atoms with E-state index in [4.69, 9.17) is 5.73 Å². The van der Waals surface area contributed by atoms with Gasteiger partial charge in [0, 0.05) is 31.7 Å². The zero-order valence-electron chi connectivity index (χ0n) is 12.0. The lowest BCUT2D eigenvalue weighted by Gasteiger charge is -2.11. The van der Waals surface area contributed by atoms with Gasteiger partial charge in [-0.1, -0.05) is 35.5 Å². The Hall–Kier alpha value is -2.21. The minimum absolute atomic E-state index is 0.0416. The number of hydrogen-bond acceptors (Lipinski definition) is 4. The Bertz CT molecular complexity index is 526. The maximum absolute atomic E-state index is 11.7. The van der Waals surface area contributed by atoms with Crippen molar-refractivity contribution in [1.29, 1.82) is 0 Å². The molecule has 0 fully saturated rings. The van der Waals surface area contributed by atoms with E-state index < -0.39 is 0 Å². The van der Waals surface area contributed by atoms with Gasteiger partial charge in [-0.25, -0.2) is 0 Å². The van der Waals surface area contributed by atoms with E-state index in [1.807, 2.05) is 30.3 Å². The number of amides is 1. The van der Waals surface area contributed by atoms with E-state index in [1.165, 1.54) is 0 Å². The van der Waals surface area contributed by atoms with Crippen LogP contribution >= 0.6 is 0 Å². The van der Waals surface area contributed by atoms with Crippen molar-refractivity contribution in [3.05, 3.63) is 48.3 Å². The number of aryl methyl sites for hydroxylation is 1. The van der Waals surface area contributed by atoms with Gasteiger partial charge >= 0.3 is 0 Å². The lowest BCUT2D eigenvalue weighted by molar-refractivity contribution is -0.121.